The van der Waals surface area contributed by atoms with Gasteiger partial charge in [0.25, 0.3) is 15.9 Å². The fourth-order valence-electron chi connectivity index (χ4n) is 3.12. The van der Waals surface area contributed by atoms with E-state index in [1.54, 1.807) is 12.1 Å². The first-order valence-corrected chi connectivity index (χ1v) is 11.3. The van der Waals surface area contributed by atoms with Crippen LogP contribution in [-0.4, -0.2) is 14.3 Å². The third kappa shape index (κ3) is 5.01. The molecule has 3 rings (SSSR count). The summed E-state index contributed by atoms with van der Waals surface area (Å²) in [5.74, 6) is -0.382. The van der Waals surface area contributed by atoms with E-state index in [0.29, 0.717) is 0 Å². The average molecular weight is 443 g/mol. The summed E-state index contributed by atoms with van der Waals surface area (Å²) in [5, 5.41) is 3.16. The topological polar surface area (TPSA) is 75.3 Å². The van der Waals surface area contributed by atoms with Gasteiger partial charge in [-0.05, 0) is 62.2 Å². The number of halogens is 1. The summed E-state index contributed by atoms with van der Waals surface area (Å²) in [6, 6.07) is 18.5. The van der Waals surface area contributed by atoms with Crippen molar-refractivity contribution in [2.75, 3.05) is 4.72 Å². The summed E-state index contributed by atoms with van der Waals surface area (Å²) in [6.45, 7) is 5.75. The van der Waals surface area contributed by atoms with Crippen LogP contribution >= 0.6 is 11.6 Å². The molecular formula is C23H23ClN2O3S. The Hall–Kier alpha value is -2.83. The van der Waals surface area contributed by atoms with Crippen molar-refractivity contribution in [2.45, 2.75) is 31.7 Å². The Morgan fingerprint density at radius 3 is 2.30 bits per heavy atom. The minimum atomic E-state index is -3.78. The molecular weight excluding hydrogens is 420 g/mol. The SMILES string of the molecule is Cc1ccc(S(=O)(=O)Nc2ccc(Cl)c(C(=O)N[C@H](C)c3ccccc3C)c2)cc1. The van der Waals surface area contributed by atoms with Crippen molar-refractivity contribution < 1.29 is 13.2 Å². The number of anilines is 1. The summed E-state index contributed by atoms with van der Waals surface area (Å²) in [4.78, 5) is 13.0. The van der Waals surface area contributed by atoms with Crippen molar-refractivity contribution in [1.82, 2.24) is 5.32 Å². The summed E-state index contributed by atoms with van der Waals surface area (Å²) in [7, 11) is -3.78. The Morgan fingerprint density at radius 2 is 1.63 bits per heavy atom. The molecule has 3 aromatic rings. The number of aryl methyl sites for hydroxylation is 2. The highest BCUT2D eigenvalue weighted by atomic mass is 35.5. The van der Waals surface area contributed by atoms with Crippen LogP contribution in [0.15, 0.2) is 71.6 Å². The van der Waals surface area contributed by atoms with Gasteiger partial charge in [0.05, 0.1) is 21.5 Å². The molecule has 0 heterocycles. The molecule has 0 aliphatic carbocycles. The number of benzene rings is 3. The number of rotatable bonds is 6. The molecule has 1 atom stereocenters. The van der Waals surface area contributed by atoms with Gasteiger partial charge in [0.15, 0.2) is 0 Å². The van der Waals surface area contributed by atoms with Gasteiger partial charge in [-0.1, -0.05) is 53.6 Å². The number of hydrogen-bond acceptors (Lipinski definition) is 3. The van der Waals surface area contributed by atoms with Gasteiger partial charge in [-0.15, -0.1) is 0 Å². The highest BCUT2D eigenvalue weighted by molar-refractivity contribution is 7.92. The number of amides is 1. The van der Waals surface area contributed by atoms with Crippen LogP contribution in [0.2, 0.25) is 5.02 Å². The van der Waals surface area contributed by atoms with Crippen molar-refractivity contribution in [3.8, 4) is 0 Å². The Labute approximate surface area is 182 Å². The van der Waals surface area contributed by atoms with Crippen LogP contribution in [0.1, 0.15) is 40.0 Å². The van der Waals surface area contributed by atoms with Crippen molar-refractivity contribution in [3.63, 3.8) is 0 Å². The lowest BCUT2D eigenvalue weighted by Crippen LogP contribution is -2.27. The van der Waals surface area contributed by atoms with Crippen molar-refractivity contribution in [3.05, 3.63) is 94.0 Å². The Balaban J connectivity index is 1.82. The molecule has 30 heavy (non-hydrogen) atoms. The zero-order valence-corrected chi connectivity index (χ0v) is 18.5. The van der Waals surface area contributed by atoms with Crippen molar-refractivity contribution in [1.29, 1.82) is 0 Å². The molecule has 0 bridgehead atoms. The highest BCUT2D eigenvalue weighted by Gasteiger charge is 2.18. The third-order valence-corrected chi connectivity index (χ3v) is 6.52. The van der Waals surface area contributed by atoms with Crippen LogP contribution in [0.25, 0.3) is 0 Å². The number of carbonyl (C=O) groups is 1. The lowest BCUT2D eigenvalue weighted by molar-refractivity contribution is 0.0940. The van der Waals surface area contributed by atoms with E-state index in [4.69, 9.17) is 11.6 Å². The maximum Gasteiger partial charge on any atom is 0.261 e. The minimum absolute atomic E-state index is 0.141. The fourth-order valence-corrected chi connectivity index (χ4v) is 4.37. The predicted molar refractivity (Wildman–Crippen MR) is 120 cm³/mol. The quantitative estimate of drug-likeness (QED) is 0.547. The molecule has 1 amide bonds. The lowest BCUT2D eigenvalue weighted by atomic mass is 10.0. The molecule has 0 saturated heterocycles. The molecule has 0 aliphatic rings. The molecule has 2 N–H and O–H groups in total. The number of carbonyl (C=O) groups excluding carboxylic acids is 1. The second-order valence-corrected chi connectivity index (χ2v) is 9.25. The third-order valence-electron chi connectivity index (χ3n) is 4.80. The summed E-state index contributed by atoms with van der Waals surface area (Å²) >= 11 is 6.22. The van der Waals surface area contributed by atoms with E-state index in [2.05, 4.69) is 10.0 Å². The maximum atomic E-state index is 12.8. The molecule has 0 saturated carbocycles. The maximum absolute atomic E-state index is 12.8. The van der Waals surface area contributed by atoms with E-state index in [9.17, 15) is 13.2 Å². The van der Waals surface area contributed by atoms with Gasteiger partial charge in [0.1, 0.15) is 0 Å². The first-order chi connectivity index (χ1) is 14.2. The molecule has 0 fully saturated rings. The molecule has 7 heteroatoms. The van der Waals surface area contributed by atoms with Crippen LogP contribution < -0.4 is 10.0 Å². The van der Waals surface area contributed by atoms with E-state index in [0.717, 1.165) is 16.7 Å². The van der Waals surface area contributed by atoms with E-state index in [1.165, 1.54) is 30.3 Å². The minimum Gasteiger partial charge on any atom is -0.345 e. The Bertz CT molecular complexity index is 1180. The smallest absolute Gasteiger partial charge is 0.261 e. The van der Waals surface area contributed by atoms with Crippen LogP contribution in [0.5, 0.6) is 0 Å². The Morgan fingerprint density at radius 1 is 0.967 bits per heavy atom. The molecule has 0 spiro atoms. The number of nitrogens with one attached hydrogen (secondary N) is 2. The van der Waals surface area contributed by atoms with Crippen LogP contribution in [0.3, 0.4) is 0 Å². The summed E-state index contributed by atoms with van der Waals surface area (Å²) in [6.07, 6.45) is 0. The number of sulfonamides is 1. The first kappa shape index (κ1) is 21.9. The van der Waals surface area contributed by atoms with E-state index >= 15 is 0 Å². The van der Waals surface area contributed by atoms with E-state index in [1.807, 2.05) is 45.0 Å². The number of hydrogen-bond donors (Lipinski definition) is 2. The molecule has 5 nitrogen and oxygen atoms in total. The van der Waals surface area contributed by atoms with Crippen LogP contribution in [-0.2, 0) is 10.0 Å². The molecule has 0 radical (unpaired) electrons. The van der Waals surface area contributed by atoms with Crippen molar-refractivity contribution in [2.24, 2.45) is 0 Å². The zero-order valence-electron chi connectivity index (χ0n) is 16.9. The molecule has 0 aromatic heterocycles. The lowest BCUT2D eigenvalue weighted by Gasteiger charge is -2.17. The normalized spacial score (nSPS) is 12.3. The van der Waals surface area contributed by atoms with Gasteiger partial charge in [0, 0.05) is 5.69 Å². The van der Waals surface area contributed by atoms with Crippen molar-refractivity contribution >= 4 is 33.2 Å². The average Bonchev–Trinajstić information content (AvgIpc) is 2.69. The van der Waals surface area contributed by atoms with Gasteiger partial charge in [-0.2, -0.15) is 0 Å². The van der Waals surface area contributed by atoms with Gasteiger partial charge >= 0.3 is 0 Å². The van der Waals surface area contributed by atoms with Crippen LogP contribution in [0, 0.1) is 13.8 Å². The Kier molecular flexibility index (Phi) is 6.48. The van der Waals surface area contributed by atoms with Gasteiger partial charge in [-0.3, -0.25) is 9.52 Å². The zero-order chi connectivity index (χ0) is 21.9. The van der Waals surface area contributed by atoms with Gasteiger partial charge in [0.2, 0.25) is 0 Å². The first-order valence-electron chi connectivity index (χ1n) is 9.43. The fraction of sp³-hybridized carbons (Fsp3) is 0.174. The highest BCUT2D eigenvalue weighted by Crippen LogP contribution is 2.24. The monoisotopic (exact) mass is 442 g/mol. The summed E-state index contributed by atoms with van der Waals surface area (Å²) < 4.78 is 27.8. The second kappa shape index (κ2) is 8.90. The van der Waals surface area contributed by atoms with Gasteiger partial charge in [-0.25, -0.2) is 8.42 Å². The largest absolute Gasteiger partial charge is 0.345 e. The van der Waals surface area contributed by atoms with E-state index < -0.39 is 10.0 Å². The van der Waals surface area contributed by atoms with Crippen LogP contribution in [0.4, 0.5) is 5.69 Å². The van der Waals surface area contributed by atoms with Gasteiger partial charge < -0.3 is 5.32 Å². The molecule has 156 valence electrons. The molecule has 0 unspecified atom stereocenters. The van der Waals surface area contributed by atoms with E-state index in [-0.39, 0.29) is 33.1 Å². The summed E-state index contributed by atoms with van der Waals surface area (Å²) in [5.41, 5.74) is 3.48. The molecule has 3 aromatic carbocycles. The second-order valence-electron chi connectivity index (χ2n) is 7.16. The molecule has 0 aliphatic heterocycles. The standard InChI is InChI=1S/C23H23ClN2O3S/c1-15-8-11-19(12-9-15)30(28,29)26-18-10-13-22(24)21(14-18)23(27)25-17(3)20-7-5-4-6-16(20)2/h4-14,17,26H,1-3H3,(H,25,27)/t17-/m1/s1. The predicted octanol–water partition coefficient (Wildman–Crippen LogP) is 5.25.